The molecule has 0 radical (unpaired) electrons. The number of ether oxygens (including phenoxy) is 1. The van der Waals surface area contributed by atoms with Gasteiger partial charge >= 0.3 is 6.03 Å². The second-order valence-corrected chi connectivity index (χ2v) is 6.65. The minimum atomic E-state index is -0.799. The predicted molar refractivity (Wildman–Crippen MR) is 101 cm³/mol. The van der Waals surface area contributed by atoms with Crippen LogP contribution in [0.1, 0.15) is 5.56 Å². The number of urea groups is 1. The van der Waals surface area contributed by atoms with Gasteiger partial charge in [-0.3, -0.25) is 14.9 Å². The van der Waals surface area contributed by atoms with Crippen molar-refractivity contribution in [1.82, 2.24) is 5.32 Å². The number of nitrogens with zero attached hydrogens (tertiary/aromatic N) is 1. The molecule has 0 aliphatic carbocycles. The number of halogens is 2. The number of hydrogen-bond donors (Lipinski definition) is 1. The Bertz CT molecular complexity index is 941. The molecular formula is C18H12BrClN2O4. The number of carbonyl (C=O) groups excluding carboxylic acids is 3. The fourth-order valence-electron chi connectivity index (χ4n) is 2.42. The van der Waals surface area contributed by atoms with Crippen LogP contribution in [-0.2, 0) is 9.59 Å². The van der Waals surface area contributed by atoms with E-state index < -0.39 is 17.8 Å². The third kappa shape index (κ3) is 3.49. The molecule has 1 aliphatic heterocycles. The van der Waals surface area contributed by atoms with Gasteiger partial charge in [0.1, 0.15) is 11.3 Å². The number of methoxy groups -OCH3 is 1. The van der Waals surface area contributed by atoms with Crippen LogP contribution < -0.4 is 15.0 Å². The molecule has 26 heavy (non-hydrogen) atoms. The predicted octanol–water partition coefficient (Wildman–Crippen LogP) is 3.78. The van der Waals surface area contributed by atoms with E-state index in [0.29, 0.717) is 22.0 Å². The summed E-state index contributed by atoms with van der Waals surface area (Å²) in [4.78, 5) is 37.9. The van der Waals surface area contributed by atoms with Crippen LogP contribution in [0.5, 0.6) is 5.75 Å². The van der Waals surface area contributed by atoms with Crippen molar-refractivity contribution >= 4 is 57.1 Å². The number of barbiturate groups is 1. The molecule has 6 nitrogen and oxygen atoms in total. The standard InChI is InChI=1S/C18H12BrClN2O4/c1-26-15-7-2-10(9-14(15)20)8-13-16(23)21-18(25)22(17(13)24)12-5-3-11(19)4-6-12/h2-9H,1H3,(H,21,23,25)/b13-8-. The molecule has 0 spiro atoms. The summed E-state index contributed by atoms with van der Waals surface area (Å²) < 4.78 is 5.87. The van der Waals surface area contributed by atoms with Crippen molar-refractivity contribution in [3.8, 4) is 5.75 Å². The van der Waals surface area contributed by atoms with Gasteiger partial charge in [-0.2, -0.15) is 0 Å². The van der Waals surface area contributed by atoms with Crippen LogP contribution in [0.15, 0.2) is 52.5 Å². The molecule has 132 valence electrons. The number of anilines is 1. The summed E-state index contributed by atoms with van der Waals surface area (Å²) in [5.41, 5.74) is 0.704. The summed E-state index contributed by atoms with van der Waals surface area (Å²) in [5.74, 6) is -1.01. The summed E-state index contributed by atoms with van der Waals surface area (Å²) in [6.45, 7) is 0. The molecule has 1 heterocycles. The van der Waals surface area contributed by atoms with Crippen molar-refractivity contribution < 1.29 is 19.1 Å². The molecule has 1 aliphatic rings. The van der Waals surface area contributed by atoms with Gasteiger partial charge in [0, 0.05) is 4.47 Å². The molecule has 3 rings (SSSR count). The maximum Gasteiger partial charge on any atom is 0.335 e. The average Bonchev–Trinajstić information content (AvgIpc) is 2.60. The van der Waals surface area contributed by atoms with Gasteiger partial charge in [-0.05, 0) is 48.0 Å². The van der Waals surface area contributed by atoms with E-state index in [2.05, 4.69) is 21.2 Å². The first-order chi connectivity index (χ1) is 12.4. The number of rotatable bonds is 3. The first-order valence-corrected chi connectivity index (χ1v) is 8.58. The Balaban J connectivity index is 1.99. The van der Waals surface area contributed by atoms with Crippen molar-refractivity contribution in [3.05, 3.63) is 63.1 Å². The molecule has 0 aromatic heterocycles. The summed E-state index contributed by atoms with van der Waals surface area (Å²) in [6, 6.07) is 10.6. The van der Waals surface area contributed by atoms with E-state index >= 15 is 0 Å². The lowest BCUT2D eigenvalue weighted by Crippen LogP contribution is -2.54. The molecule has 0 bridgehead atoms. The zero-order chi connectivity index (χ0) is 18.8. The van der Waals surface area contributed by atoms with E-state index in [9.17, 15) is 14.4 Å². The SMILES string of the molecule is COc1ccc(/C=C2/C(=O)NC(=O)N(c3ccc(Br)cc3)C2=O)cc1Cl. The second-order valence-electron chi connectivity index (χ2n) is 5.33. The topological polar surface area (TPSA) is 75.7 Å². The fraction of sp³-hybridized carbons (Fsp3) is 0.0556. The largest absolute Gasteiger partial charge is 0.495 e. The number of carbonyl (C=O) groups is 3. The molecule has 2 aromatic carbocycles. The zero-order valence-corrected chi connectivity index (χ0v) is 15.8. The number of nitrogens with one attached hydrogen (secondary N) is 1. The van der Waals surface area contributed by atoms with Crippen LogP contribution in [-0.4, -0.2) is 25.0 Å². The van der Waals surface area contributed by atoms with Gasteiger partial charge in [0.15, 0.2) is 0 Å². The molecule has 0 atom stereocenters. The van der Waals surface area contributed by atoms with Crippen LogP contribution >= 0.6 is 27.5 Å². The van der Waals surface area contributed by atoms with Crippen LogP contribution in [0, 0.1) is 0 Å². The third-order valence-corrected chi connectivity index (χ3v) is 4.50. The first kappa shape index (κ1) is 18.2. The third-order valence-electron chi connectivity index (χ3n) is 3.67. The van der Waals surface area contributed by atoms with E-state index in [4.69, 9.17) is 16.3 Å². The van der Waals surface area contributed by atoms with Crippen LogP contribution in [0.2, 0.25) is 5.02 Å². The second kappa shape index (κ2) is 7.31. The van der Waals surface area contributed by atoms with Gasteiger partial charge in [0.05, 0.1) is 17.8 Å². The van der Waals surface area contributed by atoms with E-state index in [1.807, 2.05) is 0 Å². The molecule has 0 unspecified atom stereocenters. The Kier molecular flexibility index (Phi) is 5.11. The summed E-state index contributed by atoms with van der Waals surface area (Å²) in [5, 5.41) is 2.51. The van der Waals surface area contributed by atoms with Crippen LogP contribution in [0.4, 0.5) is 10.5 Å². The Hall–Kier alpha value is -2.64. The number of hydrogen-bond acceptors (Lipinski definition) is 4. The van der Waals surface area contributed by atoms with Gasteiger partial charge in [-0.1, -0.05) is 33.6 Å². The molecule has 0 saturated carbocycles. The highest BCUT2D eigenvalue weighted by Crippen LogP contribution is 2.27. The molecule has 4 amide bonds. The minimum absolute atomic E-state index is 0.172. The van der Waals surface area contributed by atoms with Crippen molar-refractivity contribution in [2.24, 2.45) is 0 Å². The van der Waals surface area contributed by atoms with Crippen molar-refractivity contribution in [2.75, 3.05) is 12.0 Å². The van der Waals surface area contributed by atoms with E-state index in [1.165, 1.54) is 13.2 Å². The van der Waals surface area contributed by atoms with Crippen molar-refractivity contribution in [3.63, 3.8) is 0 Å². The van der Waals surface area contributed by atoms with Crippen LogP contribution in [0.25, 0.3) is 6.08 Å². The van der Waals surface area contributed by atoms with Crippen LogP contribution in [0.3, 0.4) is 0 Å². The summed E-state index contributed by atoms with van der Waals surface area (Å²) in [6.07, 6.45) is 1.38. The number of benzene rings is 2. The molecular weight excluding hydrogens is 424 g/mol. The normalized spacial score (nSPS) is 16.0. The van der Waals surface area contributed by atoms with Gasteiger partial charge < -0.3 is 4.74 Å². The molecule has 1 fully saturated rings. The van der Waals surface area contributed by atoms with Gasteiger partial charge in [-0.15, -0.1) is 0 Å². The lowest BCUT2D eigenvalue weighted by molar-refractivity contribution is -0.122. The number of amides is 4. The number of imide groups is 2. The highest BCUT2D eigenvalue weighted by Gasteiger charge is 2.36. The lowest BCUT2D eigenvalue weighted by atomic mass is 10.1. The first-order valence-electron chi connectivity index (χ1n) is 7.41. The Morgan fingerprint density at radius 1 is 1.12 bits per heavy atom. The van der Waals surface area contributed by atoms with E-state index in [1.54, 1.807) is 42.5 Å². The molecule has 2 aromatic rings. The van der Waals surface area contributed by atoms with Gasteiger partial charge in [-0.25, -0.2) is 9.69 Å². The molecule has 1 N–H and O–H groups in total. The van der Waals surface area contributed by atoms with E-state index in [0.717, 1.165) is 9.37 Å². The molecule has 8 heteroatoms. The summed E-state index contributed by atoms with van der Waals surface area (Å²) in [7, 11) is 1.49. The van der Waals surface area contributed by atoms with Crippen molar-refractivity contribution in [2.45, 2.75) is 0 Å². The van der Waals surface area contributed by atoms with Gasteiger partial charge in [0.2, 0.25) is 0 Å². The monoisotopic (exact) mass is 434 g/mol. The Morgan fingerprint density at radius 2 is 1.81 bits per heavy atom. The smallest absolute Gasteiger partial charge is 0.335 e. The Morgan fingerprint density at radius 3 is 2.42 bits per heavy atom. The maximum absolute atomic E-state index is 12.8. The Labute approximate surface area is 162 Å². The lowest BCUT2D eigenvalue weighted by Gasteiger charge is -2.26. The van der Waals surface area contributed by atoms with Crippen molar-refractivity contribution in [1.29, 1.82) is 0 Å². The highest BCUT2D eigenvalue weighted by molar-refractivity contribution is 9.10. The molecule has 1 saturated heterocycles. The van der Waals surface area contributed by atoms with E-state index in [-0.39, 0.29) is 5.57 Å². The quantitative estimate of drug-likeness (QED) is 0.588. The maximum atomic E-state index is 12.8. The minimum Gasteiger partial charge on any atom is -0.495 e. The summed E-state index contributed by atoms with van der Waals surface area (Å²) >= 11 is 9.37. The average molecular weight is 436 g/mol. The fourth-order valence-corrected chi connectivity index (χ4v) is 2.95. The van der Waals surface area contributed by atoms with Gasteiger partial charge in [0.25, 0.3) is 11.8 Å². The highest BCUT2D eigenvalue weighted by atomic mass is 79.9. The zero-order valence-electron chi connectivity index (χ0n) is 13.5.